The quantitative estimate of drug-likeness (QED) is 0.894. The smallest absolute Gasteiger partial charge is 0.148 e. The summed E-state index contributed by atoms with van der Waals surface area (Å²) in [4.78, 5) is 0. The molecule has 0 aromatic heterocycles. The van der Waals surface area contributed by atoms with E-state index < -0.39 is 5.54 Å². The van der Waals surface area contributed by atoms with Crippen molar-refractivity contribution in [3.63, 3.8) is 0 Å². The maximum Gasteiger partial charge on any atom is 0.148 e. The number of hydrogen-bond acceptors (Lipinski definition) is 2. The summed E-state index contributed by atoms with van der Waals surface area (Å²) in [7, 11) is 0. The Hall–Kier alpha value is -1.98. The molecule has 0 unspecified atom stereocenters. The van der Waals surface area contributed by atoms with E-state index in [4.69, 9.17) is 11.6 Å². The Kier molecular flexibility index (Phi) is 3.55. The van der Waals surface area contributed by atoms with Gasteiger partial charge in [0.1, 0.15) is 5.54 Å². The monoisotopic (exact) mass is 256 g/mol. The molecule has 0 aliphatic carbocycles. The van der Waals surface area contributed by atoms with Gasteiger partial charge in [0.05, 0.1) is 6.07 Å². The molecule has 0 heterocycles. The molecular weight excluding hydrogens is 244 g/mol. The van der Waals surface area contributed by atoms with Crippen LogP contribution in [0, 0.1) is 11.3 Å². The lowest BCUT2D eigenvalue weighted by Crippen LogP contribution is -2.29. The van der Waals surface area contributed by atoms with Crippen LogP contribution in [0.2, 0.25) is 5.02 Å². The third-order valence-electron chi connectivity index (χ3n) is 2.81. The molecule has 0 saturated carbocycles. The maximum atomic E-state index is 9.42. The lowest BCUT2D eigenvalue weighted by molar-refractivity contribution is 0.706. The van der Waals surface area contributed by atoms with Crippen LogP contribution in [0.15, 0.2) is 54.6 Å². The molecule has 90 valence electrons. The van der Waals surface area contributed by atoms with Crippen LogP contribution in [-0.2, 0) is 5.54 Å². The zero-order valence-electron chi connectivity index (χ0n) is 10.0. The molecule has 0 radical (unpaired) electrons. The van der Waals surface area contributed by atoms with Crippen LogP contribution in [0.5, 0.6) is 0 Å². The Bertz CT molecular complexity index is 557. The van der Waals surface area contributed by atoms with Crippen molar-refractivity contribution in [1.29, 1.82) is 5.26 Å². The summed E-state index contributed by atoms with van der Waals surface area (Å²) in [5.74, 6) is 0. The van der Waals surface area contributed by atoms with Gasteiger partial charge in [0.15, 0.2) is 0 Å². The first-order valence-electron chi connectivity index (χ1n) is 5.64. The fraction of sp³-hybridized carbons (Fsp3) is 0.133. The molecule has 1 N–H and O–H groups in total. The maximum absolute atomic E-state index is 9.42. The number of hydrogen-bond donors (Lipinski definition) is 1. The Labute approximate surface area is 112 Å². The topological polar surface area (TPSA) is 35.8 Å². The first kappa shape index (κ1) is 12.5. The van der Waals surface area contributed by atoms with E-state index in [0.717, 1.165) is 11.3 Å². The molecule has 2 aromatic carbocycles. The second-order valence-electron chi connectivity index (χ2n) is 4.23. The number of rotatable bonds is 3. The molecule has 2 rings (SSSR count). The Morgan fingerprint density at radius 2 is 1.67 bits per heavy atom. The number of nitriles is 1. The van der Waals surface area contributed by atoms with Gasteiger partial charge in [-0.2, -0.15) is 5.26 Å². The Morgan fingerprint density at radius 3 is 2.22 bits per heavy atom. The molecule has 0 aliphatic rings. The number of halogens is 1. The second kappa shape index (κ2) is 5.12. The highest BCUT2D eigenvalue weighted by Gasteiger charge is 2.25. The van der Waals surface area contributed by atoms with Gasteiger partial charge in [0.2, 0.25) is 0 Å². The van der Waals surface area contributed by atoms with Gasteiger partial charge in [-0.25, -0.2) is 0 Å². The van der Waals surface area contributed by atoms with E-state index in [1.54, 1.807) is 12.1 Å². The van der Waals surface area contributed by atoms with E-state index >= 15 is 0 Å². The van der Waals surface area contributed by atoms with Crippen molar-refractivity contribution in [1.82, 2.24) is 0 Å². The summed E-state index contributed by atoms with van der Waals surface area (Å²) < 4.78 is 0. The first-order chi connectivity index (χ1) is 8.64. The van der Waals surface area contributed by atoms with Crippen LogP contribution in [0.1, 0.15) is 12.5 Å². The predicted octanol–water partition coefficient (Wildman–Crippen LogP) is 4.19. The fourth-order valence-electron chi connectivity index (χ4n) is 1.76. The molecule has 1 atom stereocenters. The van der Waals surface area contributed by atoms with Gasteiger partial charge in [-0.15, -0.1) is 0 Å². The van der Waals surface area contributed by atoms with Crippen molar-refractivity contribution < 1.29 is 0 Å². The highest BCUT2D eigenvalue weighted by Crippen LogP contribution is 2.26. The summed E-state index contributed by atoms with van der Waals surface area (Å²) >= 11 is 5.84. The second-order valence-corrected chi connectivity index (χ2v) is 4.67. The third-order valence-corrected chi connectivity index (χ3v) is 3.07. The summed E-state index contributed by atoms with van der Waals surface area (Å²) in [6.07, 6.45) is 0. The molecule has 0 amide bonds. The van der Waals surface area contributed by atoms with Crippen LogP contribution < -0.4 is 5.32 Å². The average Bonchev–Trinajstić information content (AvgIpc) is 2.42. The molecule has 0 bridgehead atoms. The molecule has 0 fully saturated rings. The fourth-order valence-corrected chi connectivity index (χ4v) is 1.88. The van der Waals surface area contributed by atoms with E-state index in [1.807, 2.05) is 49.4 Å². The number of nitrogens with zero attached hydrogens (tertiary/aromatic N) is 1. The zero-order chi connectivity index (χ0) is 13.0. The zero-order valence-corrected chi connectivity index (χ0v) is 10.8. The highest BCUT2D eigenvalue weighted by molar-refractivity contribution is 6.30. The molecular formula is C15H13ClN2. The SMILES string of the molecule is C[C@@](C#N)(Nc1ccc(Cl)cc1)c1ccccc1. The normalized spacial score (nSPS) is 13.4. The summed E-state index contributed by atoms with van der Waals surface area (Å²) in [6.45, 7) is 1.86. The van der Waals surface area contributed by atoms with Gasteiger partial charge >= 0.3 is 0 Å². The van der Waals surface area contributed by atoms with Gasteiger partial charge in [0, 0.05) is 10.7 Å². The highest BCUT2D eigenvalue weighted by atomic mass is 35.5. The minimum Gasteiger partial charge on any atom is -0.364 e. The van der Waals surface area contributed by atoms with E-state index in [9.17, 15) is 5.26 Å². The van der Waals surface area contributed by atoms with Crippen LogP contribution in [0.4, 0.5) is 5.69 Å². The van der Waals surface area contributed by atoms with Gasteiger partial charge in [0.25, 0.3) is 0 Å². The lowest BCUT2D eigenvalue weighted by Gasteiger charge is -2.25. The summed E-state index contributed by atoms with van der Waals surface area (Å²) in [5, 5.41) is 13.3. The Morgan fingerprint density at radius 1 is 1.06 bits per heavy atom. The van der Waals surface area contributed by atoms with Crippen molar-refractivity contribution in [3.05, 3.63) is 65.2 Å². The lowest BCUT2D eigenvalue weighted by atomic mass is 9.93. The number of nitrogens with one attached hydrogen (secondary N) is 1. The third kappa shape index (κ3) is 2.64. The van der Waals surface area contributed by atoms with Crippen molar-refractivity contribution in [2.45, 2.75) is 12.5 Å². The van der Waals surface area contributed by atoms with Gasteiger partial charge in [-0.05, 0) is 36.8 Å². The molecule has 0 saturated heterocycles. The van der Waals surface area contributed by atoms with Crippen LogP contribution in [0.25, 0.3) is 0 Å². The minimum atomic E-state index is -0.755. The van der Waals surface area contributed by atoms with E-state index in [1.165, 1.54) is 0 Å². The largest absolute Gasteiger partial charge is 0.364 e. The summed E-state index contributed by atoms with van der Waals surface area (Å²) in [6, 6.07) is 19.3. The first-order valence-corrected chi connectivity index (χ1v) is 6.02. The van der Waals surface area contributed by atoms with Gasteiger partial charge < -0.3 is 5.32 Å². The van der Waals surface area contributed by atoms with Gasteiger partial charge in [-0.3, -0.25) is 0 Å². The van der Waals surface area contributed by atoms with Crippen LogP contribution >= 0.6 is 11.6 Å². The molecule has 2 nitrogen and oxygen atoms in total. The number of benzene rings is 2. The van der Waals surface area contributed by atoms with Crippen molar-refractivity contribution in [3.8, 4) is 6.07 Å². The molecule has 3 heteroatoms. The Balaban J connectivity index is 2.30. The van der Waals surface area contributed by atoms with E-state index in [0.29, 0.717) is 5.02 Å². The van der Waals surface area contributed by atoms with Crippen molar-refractivity contribution in [2.24, 2.45) is 0 Å². The molecule has 18 heavy (non-hydrogen) atoms. The molecule has 0 aliphatic heterocycles. The van der Waals surface area contributed by atoms with Crippen LogP contribution in [0.3, 0.4) is 0 Å². The van der Waals surface area contributed by atoms with Crippen LogP contribution in [-0.4, -0.2) is 0 Å². The van der Waals surface area contributed by atoms with E-state index in [-0.39, 0.29) is 0 Å². The molecule has 2 aromatic rings. The van der Waals surface area contributed by atoms with Crippen molar-refractivity contribution in [2.75, 3.05) is 5.32 Å². The predicted molar refractivity (Wildman–Crippen MR) is 74.5 cm³/mol. The van der Waals surface area contributed by atoms with Crippen molar-refractivity contribution >= 4 is 17.3 Å². The summed E-state index contributed by atoms with van der Waals surface area (Å²) in [5.41, 5.74) is 1.05. The number of anilines is 1. The van der Waals surface area contributed by atoms with Gasteiger partial charge in [-0.1, -0.05) is 41.9 Å². The minimum absolute atomic E-state index is 0.680. The average molecular weight is 257 g/mol. The van der Waals surface area contributed by atoms with E-state index in [2.05, 4.69) is 11.4 Å². The molecule has 0 spiro atoms. The standard InChI is InChI=1S/C15H13ClN2/c1-15(11-17,12-5-3-2-4-6-12)18-14-9-7-13(16)8-10-14/h2-10,18H,1H3/t15-/m0/s1.